The number of ether oxygens (including phenoxy) is 1. The van der Waals surface area contributed by atoms with Crippen LogP contribution in [0.25, 0.3) is 0 Å². The molecule has 1 aromatic heterocycles. The molecular weight excluding hydrogens is 512 g/mol. The molecule has 7 heteroatoms. The highest BCUT2D eigenvalue weighted by Gasteiger charge is 2.34. The summed E-state index contributed by atoms with van der Waals surface area (Å²) in [5, 5.41) is 2.10. The van der Waals surface area contributed by atoms with Gasteiger partial charge in [-0.2, -0.15) is 0 Å². The lowest BCUT2D eigenvalue weighted by Crippen LogP contribution is -2.47. The highest BCUT2D eigenvalue weighted by atomic mass is 79.9. The van der Waals surface area contributed by atoms with Crippen LogP contribution in [0.5, 0.6) is 0 Å². The van der Waals surface area contributed by atoms with E-state index in [0.717, 1.165) is 16.5 Å². The third kappa shape index (κ3) is 5.77. The molecule has 3 aromatic rings. The monoisotopic (exact) mass is 540 g/mol. The molecule has 0 spiro atoms. The quantitative estimate of drug-likeness (QED) is 0.334. The Bertz CT molecular complexity index is 1100. The lowest BCUT2D eigenvalue weighted by atomic mass is 9.93. The summed E-state index contributed by atoms with van der Waals surface area (Å²) in [4.78, 5) is 32.0. The van der Waals surface area contributed by atoms with E-state index in [4.69, 9.17) is 4.74 Å². The number of carbonyl (C=O) groups excluding carboxylic acids is 2. The van der Waals surface area contributed by atoms with Crippen molar-refractivity contribution in [3.05, 3.63) is 92.1 Å². The first-order valence-corrected chi connectivity index (χ1v) is 13.3. The molecule has 4 rings (SSSR count). The van der Waals surface area contributed by atoms with Crippen molar-refractivity contribution in [1.29, 1.82) is 0 Å². The van der Waals surface area contributed by atoms with Gasteiger partial charge in [0.05, 0.1) is 6.04 Å². The van der Waals surface area contributed by atoms with Crippen LogP contribution < -0.4 is 0 Å². The third-order valence-corrected chi connectivity index (χ3v) is 7.55. The van der Waals surface area contributed by atoms with Gasteiger partial charge in [0.15, 0.2) is 0 Å². The van der Waals surface area contributed by atoms with E-state index in [1.807, 2.05) is 42.2 Å². The van der Waals surface area contributed by atoms with Crippen LogP contribution in [0, 0.1) is 0 Å². The molecule has 0 saturated heterocycles. The number of nitrogens with zero attached hydrogens (tertiary/aromatic N) is 2. The molecule has 0 aliphatic carbocycles. The van der Waals surface area contributed by atoms with Crippen LogP contribution in [0.1, 0.15) is 45.7 Å². The van der Waals surface area contributed by atoms with E-state index in [2.05, 4.69) is 39.5 Å². The highest BCUT2D eigenvalue weighted by molar-refractivity contribution is 9.10. The molecule has 34 heavy (non-hydrogen) atoms. The molecule has 1 atom stereocenters. The molecule has 0 N–H and O–H groups in total. The number of benzene rings is 2. The Hall–Kier alpha value is -2.48. The van der Waals surface area contributed by atoms with Gasteiger partial charge in [-0.25, -0.2) is 0 Å². The Kier molecular flexibility index (Phi) is 8.53. The maximum absolute atomic E-state index is 13.7. The minimum absolute atomic E-state index is 0.0347. The Labute approximate surface area is 213 Å². The average Bonchev–Trinajstić information content (AvgIpc) is 3.35. The Balaban J connectivity index is 1.56. The van der Waals surface area contributed by atoms with Crippen molar-refractivity contribution in [3.63, 3.8) is 0 Å². The number of fused-ring (bicyclic) bond motifs is 1. The molecule has 2 amide bonds. The molecule has 2 aromatic carbocycles. The fourth-order valence-corrected chi connectivity index (χ4v) is 5.53. The number of carbonyl (C=O) groups is 2. The number of halogens is 1. The fraction of sp³-hybridized carbons (Fsp3) is 0.333. The predicted octanol–water partition coefficient (Wildman–Crippen LogP) is 5.55. The molecule has 1 unspecified atom stereocenters. The van der Waals surface area contributed by atoms with Crippen molar-refractivity contribution in [2.75, 3.05) is 32.8 Å². The number of hydrogen-bond acceptors (Lipinski definition) is 4. The standard InChI is InChI=1S/C27H29BrN2O3S/c1-2-33-17-6-15-29(27(32)21-9-11-22(28)12-10-21)19-25(31)30-16-13-24-23(14-18-34-24)26(30)20-7-4-3-5-8-20/h3-5,7-12,14,18,26H,2,6,13,15-17,19H2,1H3. The summed E-state index contributed by atoms with van der Waals surface area (Å²) < 4.78 is 6.38. The summed E-state index contributed by atoms with van der Waals surface area (Å²) in [7, 11) is 0. The lowest BCUT2D eigenvalue weighted by Gasteiger charge is -2.37. The van der Waals surface area contributed by atoms with Crippen molar-refractivity contribution in [2.24, 2.45) is 0 Å². The van der Waals surface area contributed by atoms with E-state index >= 15 is 0 Å². The van der Waals surface area contributed by atoms with Gasteiger partial charge >= 0.3 is 0 Å². The summed E-state index contributed by atoms with van der Waals surface area (Å²) in [5.41, 5.74) is 2.86. The van der Waals surface area contributed by atoms with Crippen LogP contribution in [-0.4, -0.2) is 54.5 Å². The van der Waals surface area contributed by atoms with Crippen LogP contribution in [0.4, 0.5) is 0 Å². The number of thiophene rings is 1. The molecule has 178 valence electrons. The molecule has 0 radical (unpaired) electrons. The number of amides is 2. The van der Waals surface area contributed by atoms with Crippen molar-refractivity contribution in [1.82, 2.24) is 9.80 Å². The zero-order valence-electron chi connectivity index (χ0n) is 19.3. The Morgan fingerprint density at radius 1 is 1.12 bits per heavy atom. The molecule has 1 aliphatic heterocycles. The number of rotatable bonds is 9. The second kappa shape index (κ2) is 11.8. The minimum atomic E-state index is -0.137. The van der Waals surface area contributed by atoms with Gasteiger partial charge in [-0.15, -0.1) is 11.3 Å². The summed E-state index contributed by atoms with van der Waals surface area (Å²) in [6.07, 6.45) is 1.52. The summed E-state index contributed by atoms with van der Waals surface area (Å²) >= 11 is 5.17. The molecule has 0 bridgehead atoms. The van der Waals surface area contributed by atoms with E-state index in [-0.39, 0.29) is 24.4 Å². The Morgan fingerprint density at radius 2 is 1.88 bits per heavy atom. The maximum Gasteiger partial charge on any atom is 0.254 e. The van der Waals surface area contributed by atoms with Gasteiger partial charge in [-0.3, -0.25) is 9.59 Å². The summed E-state index contributed by atoms with van der Waals surface area (Å²) in [6, 6.07) is 19.4. The van der Waals surface area contributed by atoms with Crippen LogP contribution >= 0.6 is 27.3 Å². The van der Waals surface area contributed by atoms with Crippen molar-refractivity contribution >= 4 is 39.1 Å². The van der Waals surface area contributed by atoms with E-state index < -0.39 is 0 Å². The number of hydrogen-bond donors (Lipinski definition) is 0. The average molecular weight is 542 g/mol. The van der Waals surface area contributed by atoms with E-state index in [9.17, 15) is 9.59 Å². The molecular formula is C27H29BrN2O3S. The first-order valence-electron chi connectivity index (χ1n) is 11.6. The van der Waals surface area contributed by atoms with E-state index in [1.165, 1.54) is 10.4 Å². The first kappa shape index (κ1) is 24.6. The topological polar surface area (TPSA) is 49.9 Å². The molecule has 0 fully saturated rings. The van der Waals surface area contributed by atoms with Gasteiger partial charge < -0.3 is 14.5 Å². The second-order valence-electron chi connectivity index (χ2n) is 8.23. The zero-order valence-corrected chi connectivity index (χ0v) is 21.7. The van der Waals surface area contributed by atoms with Gasteiger partial charge in [-0.1, -0.05) is 46.3 Å². The van der Waals surface area contributed by atoms with Gasteiger partial charge in [-0.05, 0) is 66.6 Å². The fourth-order valence-electron chi connectivity index (χ4n) is 4.36. The highest BCUT2D eigenvalue weighted by Crippen LogP contribution is 2.37. The van der Waals surface area contributed by atoms with E-state index in [0.29, 0.717) is 38.3 Å². The zero-order chi connectivity index (χ0) is 23.9. The SMILES string of the molecule is CCOCCCN(CC(=O)N1CCc2sccc2C1c1ccccc1)C(=O)c1ccc(Br)cc1. The van der Waals surface area contributed by atoms with Crippen LogP contribution in [-0.2, 0) is 16.0 Å². The van der Waals surface area contributed by atoms with Gasteiger partial charge in [0.2, 0.25) is 5.91 Å². The smallest absolute Gasteiger partial charge is 0.254 e. The van der Waals surface area contributed by atoms with Crippen LogP contribution in [0.2, 0.25) is 0 Å². The van der Waals surface area contributed by atoms with E-state index in [1.54, 1.807) is 28.4 Å². The maximum atomic E-state index is 13.7. The normalized spacial score (nSPS) is 15.1. The second-order valence-corrected chi connectivity index (χ2v) is 10.1. The molecule has 0 saturated carbocycles. The first-order chi connectivity index (χ1) is 16.6. The summed E-state index contributed by atoms with van der Waals surface area (Å²) in [5.74, 6) is -0.172. The predicted molar refractivity (Wildman–Crippen MR) is 139 cm³/mol. The van der Waals surface area contributed by atoms with Crippen molar-refractivity contribution < 1.29 is 14.3 Å². The molecule has 5 nitrogen and oxygen atoms in total. The minimum Gasteiger partial charge on any atom is -0.382 e. The molecule has 2 heterocycles. The van der Waals surface area contributed by atoms with Crippen molar-refractivity contribution in [2.45, 2.75) is 25.8 Å². The third-order valence-electron chi connectivity index (χ3n) is 6.03. The van der Waals surface area contributed by atoms with Crippen LogP contribution in [0.3, 0.4) is 0 Å². The lowest BCUT2D eigenvalue weighted by molar-refractivity contribution is -0.134. The van der Waals surface area contributed by atoms with Crippen molar-refractivity contribution in [3.8, 4) is 0 Å². The molecule has 1 aliphatic rings. The largest absolute Gasteiger partial charge is 0.382 e. The van der Waals surface area contributed by atoms with Gasteiger partial charge in [0, 0.05) is 41.2 Å². The van der Waals surface area contributed by atoms with Gasteiger partial charge in [0.1, 0.15) is 6.54 Å². The van der Waals surface area contributed by atoms with Gasteiger partial charge in [0.25, 0.3) is 5.91 Å². The van der Waals surface area contributed by atoms with Crippen LogP contribution in [0.15, 0.2) is 70.5 Å². The Morgan fingerprint density at radius 3 is 2.62 bits per heavy atom. The summed E-state index contributed by atoms with van der Waals surface area (Å²) in [6.45, 7) is 4.30.